The number of carbonyl (C=O) groups is 1. The first-order valence-corrected chi connectivity index (χ1v) is 12.6. The summed E-state index contributed by atoms with van der Waals surface area (Å²) in [6, 6.07) is 12.2. The van der Waals surface area contributed by atoms with Gasteiger partial charge in [-0.05, 0) is 80.6 Å². The summed E-state index contributed by atoms with van der Waals surface area (Å²) < 4.78 is 0. The average molecular weight is 511 g/mol. The van der Waals surface area contributed by atoms with Crippen LogP contribution in [0, 0.1) is 0 Å². The smallest absolute Gasteiger partial charge is 0.248 e. The number of nitrogens with one attached hydrogen (secondary N) is 1. The SMILES string of the molecule is CC(Nc1cc(C2CCN(C3CCN(C(=O)CO)C3)CC2)ccc1Cl)c1ccc(Cl)cc1Cl. The lowest BCUT2D eigenvalue weighted by Crippen LogP contribution is -2.43. The van der Waals surface area contributed by atoms with E-state index in [0.717, 1.165) is 56.7 Å². The summed E-state index contributed by atoms with van der Waals surface area (Å²) in [5.41, 5.74) is 3.17. The molecule has 2 fully saturated rings. The van der Waals surface area contributed by atoms with E-state index in [-0.39, 0.29) is 11.9 Å². The molecular formula is C25H30Cl3N3O2. The summed E-state index contributed by atoms with van der Waals surface area (Å²) in [4.78, 5) is 16.0. The van der Waals surface area contributed by atoms with E-state index in [1.165, 1.54) is 5.56 Å². The van der Waals surface area contributed by atoms with E-state index in [1.807, 2.05) is 18.2 Å². The van der Waals surface area contributed by atoms with Crippen LogP contribution in [-0.2, 0) is 4.79 Å². The lowest BCUT2D eigenvalue weighted by molar-refractivity contribution is -0.133. The van der Waals surface area contributed by atoms with Gasteiger partial charge in [0.1, 0.15) is 6.61 Å². The Morgan fingerprint density at radius 3 is 2.52 bits per heavy atom. The summed E-state index contributed by atoms with van der Waals surface area (Å²) in [7, 11) is 0. The van der Waals surface area contributed by atoms with Crippen molar-refractivity contribution < 1.29 is 9.90 Å². The zero-order chi connectivity index (χ0) is 23.5. The summed E-state index contributed by atoms with van der Waals surface area (Å²) in [6.45, 7) is 5.15. The summed E-state index contributed by atoms with van der Waals surface area (Å²) in [6.07, 6.45) is 3.13. The molecule has 0 bridgehead atoms. The summed E-state index contributed by atoms with van der Waals surface area (Å²) in [5.74, 6) is 0.313. The van der Waals surface area contributed by atoms with Crippen molar-refractivity contribution in [2.24, 2.45) is 0 Å². The Morgan fingerprint density at radius 1 is 1.06 bits per heavy atom. The fraction of sp³-hybridized carbons (Fsp3) is 0.480. The van der Waals surface area contributed by atoms with Crippen LogP contribution in [-0.4, -0.2) is 59.6 Å². The number of aliphatic hydroxyl groups excluding tert-OH is 1. The second kappa shape index (κ2) is 10.8. The van der Waals surface area contributed by atoms with Crippen LogP contribution in [0.2, 0.25) is 15.1 Å². The van der Waals surface area contributed by atoms with Gasteiger partial charge in [0, 0.05) is 29.2 Å². The quantitative estimate of drug-likeness (QED) is 0.532. The van der Waals surface area contributed by atoms with Crippen LogP contribution in [0.4, 0.5) is 5.69 Å². The number of hydrogen-bond donors (Lipinski definition) is 2. The first-order chi connectivity index (χ1) is 15.9. The Hall–Kier alpha value is -1.50. The van der Waals surface area contributed by atoms with Gasteiger partial charge < -0.3 is 15.3 Å². The van der Waals surface area contributed by atoms with Crippen LogP contribution in [0.3, 0.4) is 0 Å². The number of anilines is 1. The number of piperidine rings is 1. The lowest BCUT2D eigenvalue weighted by Gasteiger charge is -2.36. The van der Waals surface area contributed by atoms with Crippen LogP contribution >= 0.6 is 34.8 Å². The van der Waals surface area contributed by atoms with Gasteiger partial charge in [-0.15, -0.1) is 0 Å². The van der Waals surface area contributed by atoms with E-state index in [1.54, 1.807) is 11.0 Å². The molecule has 2 unspecified atom stereocenters. The average Bonchev–Trinajstić information content (AvgIpc) is 3.30. The Balaban J connectivity index is 1.38. The number of rotatable bonds is 6. The molecule has 2 heterocycles. The van der Waals surface area contributed by atoms with Crippen LogP contribution in [0.25, 0.3) is 0 Å². The second-order valence-corrected chi connectivity index (χ2v) is 10.3. The number of aliphatic hydroxyl groups is 1. The topological polar surface area (TPSA) is 55.8 Å². The molecule has 0 radical (unpaired) electrons. The molecule has 8 heteroatoms. The highest BCUT2D eigenvalue weighted by molar-refractivity contribution is 6.35. The number of carbonyl (C=O) groups excluding carboxylic acids is 1. The van der Waals surface area contributed by atoms with Crippen molar-refractivity contribution in [3.05, 3.63) is 62.6 Å². The maximum Gasteiger partial charge on any atom is 0.248 e. The summed E-state index contributed by atoms with van der Waals surface area (Å²) >= 11 is 18.9. The van der Waals surface area contributed by atoms with E-state index in [4.69, 9.17) is 39.9 Å². The van der Waals surface area contributed by atoms with Gasteiger partial charge in [-0.3, -0.25) is 9.69 Å². The molecule has 2 N–H and O–H groups in total. The Morgan fingerprint density at radius 2 is 1.82 bits per heavy atom. The molecule has 0 spiro atoms. The summed E-state index contributed by atoms with van der Waals surface area (Å²) in [5, 5.41) is 14.6. The second-order valence-electron chi connectivity index (χ2n) is 9.02. The number of halogens is 3. The minimum absolute atomic E-state index is 0.0173. The van der Waals surface area contributed by atoms with Gasteiger partial charge in [-0.2, -0.15) is 0 Å². The Kier molecular flexibility index (Phi) is 8.08. The first-order valence-electron chi connectivity index (χ1n) is 11.5. The van der Waals surface area contributed by atoms with Crippen LogP contribution in [0.5, 0.6) is 0 Å². The molecule has 1 amide bonds. The molecule has 0 aliphatic carbocycles. The number of hydrogen-bond acceptors (Lipinski definition) is 4. The standard InChI is InChI=1S/C25H30Cl3N3O2/c1-16(21-4-3-19(26)13-23(21)28)29-24-12-18(2-5-22(24)27)17-6-9-30(10-7-17)20-8-11-31(14-20)25(33)15-32/h2-5,12-13,16-17,20,29,32H,6-11,14-15H2,1H3. The third-order valence-corrected chi connectivity index (χ3v) is 7.85. The lowest BCUT2D eigenvalue weighted by atomic mass is 9.88. The fourth-order valence-electron chi connectivity index (χ4n) is 5.04. The molecule has 33 heavy (non-hydrogen) atoms. The molecule has 4 rings (SSSR count). The molecule has 2 aromatic carbocycles. The van der Waals surface area contributed by atoms with Gasteiger partial charge in [-0.25, -0.2) is 0 Å². The minimum Gasteiger partial charge on any atom is -0.387 e. The monoisotopic (exact) mass is 509 g/mol. The van der Waals surface area contributed by atoms with Gasteiger partial charge in [0.2, 0.25) is 5.91 Å². The van der Waals surface area contributed by atoms with Crippen molar-refractivity contribution in [2.75, 3.05) is 38.1 Å². The minimum atomic E-state index is -0.398. The number of benzene rings is 2. The molecule has 0 saturated carbocycles. The predicted octanol–water partition coefficient (Wildman–Crippen LogP) is 5.59. The normalized spacial score (nSPS) is 20.8. The van der Waals surface area contributed by atoms with Crippen LogP contribution in [0.1, 0.15) is 49.3 Å². The molecule has 2 aliphatic rings. The van der Waals surface area contributed by atoms with Crippen molar-refractivity contribution >= 4 is 46.4 Å². The van der Waals surface area contributed by atoms with Crippen molar-refractivity contribution in [1.82, 2.24) is 9.80 Å². The number of likely N-dealkylation sites (tertiary alicyclic amines) is 2. The van der Waals surface area contributed by atoms with E-state index in [0.29, 0.717) is 27.0 Å². The van der Waals surface area contributed by atoms with E-state index >= 15 is 0 Å². The van der Waals surface area contributed by atoms with Crippen LogP contribution in [0.15, 0.2) is 36.4 Å². The van der Waals surface area contributed by atoms with Crippen molar-refractivity contribution in [3.63, 3.8) is 0 Å². The highest BCUT2D eigenvalue weighted by atomic mass is 35.5. The van der Waals surface area contributed by atoms with Gasteiger partial charge in [-0.1, -0.05) is 46.9 Å². The van der Waals surface area contributed by atoms with Crippen molar-refractivity contribution in [3.8, 4) is 0 Å². The molecule has 178 valence electrons. The zero-order valence-electron chi connectivity index (χ0n) is 18.7. The van der Waals surface area contributed by atoms with Gasteiger partial charge >= 0.3 is 0 Å². The van der Waals surface area contributed by atoms with Gasteiger partial charge in [0.05, 0.1) is 16.8 Å². The van der Waals surface area contributed by atoms with Crippen molar-refractivity contribution in [1.29, 1.82) is 0 Å². The predicted molar refractivity (Wildman–Crippen MR) is 136 cm³/mol. The fourth-order valence-corrected chi connectivity index (χ4v) is 5.78. The number of nitrogens with zero attached hydrogens (tertiary/aromatic N) is 2. The molecule has 2 aromatic rings. The van der Waals surface area contributed by atoms with E-state index in [9.17, 15) is 4.79 Å². The number of amides is 1. The highest BCUT2D eigenvalue weighted by Gasteiger charge is 2.32. The highest BCUT2D eigenvalue weighted by Crippen LogP contribution is 2.36. The van der Waals surface area contributed by atoms with Gasteiger partial charge in [0.15, 0.2) is 0 Å². The van der Waals surface area contributed by atoms with E-state index < -0.39 is 6.61 Å². The third-order valence-electron chi connectivity index (χ3n) is 6.96. The molecule has 2 atom stereocenters. The Labute approximate surface area is 210 Å². The third kappa shape index (κ3) is 5.77. The molecule has 2 aliphatic heterocycles. The zero-order valence-corrected chi connectivity index (χ0v) is 21.0. The Bertz CT molecular complexity index is 995. The largest absolute Gasteiger partial charge is 0.387 e. The van der Waals surface area contributed by atoms with Crippen LogP contribution < -0.4 is 5.32 Å². The molecule has 0 aromatic heterocycles. The van der Waals surface area contributed by atoms with E-state index in [2.05, 4.69) is 29.3 Å². The molecular weight excluding hydrogens is 481 g/mol. The maximum atomic E-state index is 11.8. The first kappa shape index (κ1) is 24.6. The molecule has 5 nitrogen and oxygen atoms in total. The van der Waals surface area contributed by atoms with Gasteiger partial charge in [0.25, 0.3) is 0 Å². The van der Waals surface area contributed by atoms with Crippen molar-refractivity contribution in [2.45, 2.75) is 44.2 Å². The maximum absolute atomic E-state index is 11.8. The molecule has 2 saturated heterocycles.